The van der Waals surface area contributed by atoms with Gasteiger partial charge in [0.25, 0.3) is 0 Å². The summed E-state index contributed by atoms with van der Waals surface area (Å²) in [6.07, 6.45) is 6.19. The molecule has 0 bridgehead atoms. The molecule has 0 fully saturated rings. The van der Waals surface area contributed by atoms with Crippen molar-refractivity contribution >= 4 is 40.0 Å². The van der Waals surface area contributed by atoms with E-state index < -0.39 is 0 Å². The van der Waals surface area contributed by atoms with Gasteiger partial charge in [0.2, 0.25) is 0 Å². The molecule has 0 aliphatic rings. The van der Waals surface area contributed by atoms with E-state index >= 15 is 0 Å². The Balaban J connectivity index is 2.04. The largest absolute Gasteiger partial charge is 0.351 e. The molecule has 3 aromatic rings. The minimum absolute atomic E-state index is 1.03. The molecule has 2 nitrogen and oxygen atoms in total. The Morgan fingerprint density at radius 2 is 1.68 bits per heavy atom. The number of benzene rings is 1. The summed E-state index contributed by atoms with van der Waals surface area (Å²) in [6, 6.07) is 12.9. The van der Waals surface area contributed by atoms with Crippen LogP contribution in [0.1, 0.15) is 11.1 Å². The number of pyridine rings is 1. The molecule has 0 N–H and O–H groups in total. The number of aromatic nitrogens is 2. The zero-order valence-corrected chi connectivity index (χ0v) is 14.6. The van der Waals surface area contributed by atoms with Crippen LogP contribution >= 0.6 is 23.5 Å². The van der Waals surface area contributed by atoms with Gasteiger partial charge in [-0.1, -0.05) is 12.6 Å². The van der Waals surface area contributed by atoms with Gasteiger partial charge in [0.15, 0.2) is 0 Å². The van der Waals surface area contributed by atoms with Crippen molar-refractivity contribution in [1.29, 1.82) is 0 Å². The monoisotopic (exact) mass is 326 g/mol. The van der Waals surface area contributed by atoms with Gasteiger partial charge in [-0.15, -0.1) is 23.5 Å². The van der Waals surface area contributed by atoms with Crippen molar-refractivity contribution in [3.63, 3.8) is 0 Å². The van der Waals surface area contributed by atoms with E-state index in [1.54, 1.807) is 23.5 Å². The topological polar surface area (TPSA) is 17.8 Å². The summed E-state index contributed by atoms with van der Waals surface area (Å²) >= 11 is 3.32. The highest BCUT2D eigenvalue weighted by Crippen LogP contribution is 2.29. The van der Waals surface area contributed by atoms with Crippen molar-refractivity contribution in [2.24, 2.45) is 7.05 Å². The van der Waals surface area contributed by atoms with Gasteiger partial charge in [0.05, 0.1) is 10.1 Å². The zero-order valence-electron chi connectivity index (χ0n) is 13.0. The van der Waals surface area contributed by atoms with Crippen LogP contribution in [0.5, 0.6) is 0 Å². The first-order valence-corrected chi connectivity index (χ1v) is 9.42. The number of aryl methyl sites for hydroxylation is 1. The van der Waals surface area contributed by atoms with Crippen LogP contribution in [0, 0.1) is 0 Å². The normalized spacial score (nSPS) is 11.0. The Labute approximate surface area is 139 Å². The standard InChI is InChI=1S/C18H18N2S2/c1-12(15-10-17(21-3)19-18(11-15)22-4)13-5-6-16-14(9-13)7-8-20(16)2/h5-11H,1H2,2-4H3. The second kappa shape index (κ2) is 6.23. The molecular formula is C18H18N2S2. The summed E-state index contributed by atoms with van der Waals surface area (Å²) in [7, 11) is 2.06. The lowest BCUT2D eigenvalue weighted by Crippen LogP contribution is -1.92. The molecule has 1 aromatic carbocycles. The average molecular weight is 326 g/mol. The summed E-state index contributed by atoms with van der Waals surface area (Å²) in [6.45, 7) is 4.31. The van der Waals surface area contributed by atoms with E-state index in [9.17, 15) is 0 Å². The van der Waals surface area contributed by atoms with Crippen molar-refractivity contribution in [2.45, 2.75) is 10.1 Å². The van der Waals surface area contributed by atoms with Crippen LogP contribution in [0.4, 0.5) is 0 Å². The lowest BCUT2D eigenvalue weighted by molar-refractivity contribution is 0.969. The molecular weight excluding hydrogens is 308 g/mol. The van der Waals surface area contributed by atoms with Crippen LogP contribution < -0.4 is 0 Å². The Kier molecular flexibility index (Phi) is 4.32. The summed E-state index contributed by atoms with van der Waals surface area (Å²) in [4.78, 5) is 4.58. The van der Waals surface area contributed by atoms with Crippen molar-refractivity contribution in [1.82, 2.24) is 9.55 Å². The van der Waals surface area contributed by atoms with Gasteiger partial charge in [-0.2, -0.15) is 0 Å². The fourth-order valence-electron chi connectivity index (χ4n) is 2.50. The number of thioether (sulfide) groups is 2. The second-order valence-corrected chi connectivity index (χ2v) is 6.77. The Morgan fingerprint density at radius 1 is 1.00 bits per heavy atom. The van der Waals surface area contributed by atoms with Gasteiger partial charge in [-0.25, -0.2) is 4.98 Å². The van der Waals surface area contributed by atoms with Crippen LogP contribution in [-0.2, 0) is 7.05 Å². The molecule has 0 saturated heterocycles. The quantitative estimate of drug-likeness (QED) is 0.623. The highest BCUT2D eigenvalue weighted by molar-refractivity contribution is 7.99. The lowest BCUT2D eigenvalue weighted by Gasteiger charge is -2.10. The first-order valence-electron chi connectivity index (χ1n) is 6.97. The van der Waals surface area contributed by atoms with Gasteiger partial charge in [0, 0.05) is 24.1 Å². The number of nitrogens with zero attached hydrogens (tertiary/aromatic N) is 2. The van der Waals surface area contributed by atoms with Gasteiger partial charge in [-0.3, -0.25) is 0 Å². The predicted molar refractivity (Wildman–Crippen MR) is 98.9 cm³/mol. The molecule has 0 amide bonds. The third kappa shape index (κ3) is 2.81. The zero-order chi connectivity index (χ0) is 15.7. The van der Waals surface area contributed by atoms with Crippen molar-refractivity contribution in [3.8, 4) is 0 Å². The SMILES string of the molecule is C=C(c1cc(SC)nc(SC)c1)c1ccc2c(ccn2C)c1. The van der Waals surface area contributed by atoms with E-state index in [1.807, 2.05) is 0 Å². The van der Waals surface area contributed by atoms with Crippen LogP contribution in [-0.4, -0.2) is 22.1 Å². The van der Waals surface area contributed by atoms with E-state index in [0.717, 1.165) is 26.8 Å². The maximum atomic E-state index is 4.58. The number of hydrogen-bond acceptors (Lipinski definition) is 3. The molecule has 2 heterocycles. The molecule has 0 atom stereocenters. The molecule has 3 rings (SSSR count). The minimum Gasteiger partial charge on any atom is -0.351 e. The van der Waals surface area contributed by atoms with E-state index in [0.29, 0.717) is 0 Å². The summed E-state index contributed by atoms with van der Waals surface area (Å²) < 4.78 is 2.13. The van der Waals surface area contributed by atoms with E-state index in [-0.39, 0.29) is 0 Å². The van der Waals surface area contributed by atoms with Crippen LogP contribution in [0.25, 0.3) is 16.5 Å². The average Bonchev–Trinajstić information content (AvgIpc) is 2.94. The Bertz CT molecular complexity index is 827. The first kappa shape index (κ1) is 15.3. The number of fused-ring (bicyclic) bond motifs is 1. The van der Waals surface area contributed by atoms with Gasteiger partial charge in [-0.05, 0) is 59.5 Å². The molecule has 0 radical (unpaired) electrons. The van der Waals surface area contributed by atoms with Crippen molar-refractivity contribution in [3.05, 3.63) is 60.3 Å². The summed E-state index contributed by atoms with van der Waals surface area (Å²) in [5.74, 6) is 0. The van der Waals surface area contributed by atoms with Crippen LogP contribution in [0.2, 0.25) is 0 Å². The minimum atomic E-state index is 1.03. The maximum absolute atomic E-state index is 4.58. The van der Waals surface area contributed by atoms with Crippen molar-refractivity contribution in [2.75, 3.05) is 12.5 Å². The second-order valence-electron chi connectivity index (χ2n) is 5.12. The van der Waals surface area contributed by atoms with E-state index in [1.165, 1.54) is 10.9 Å². The molecule has 112 valence electrons. The summed E-state index contributed by atoms with van der Waals surface area (Å²) in [5.41, 5.74) is 4.57. The van der Waals surface area contributed by atoms with Gasteiger partial charge < -0.3 is 4.57 Å². The van der Waals surface area contributed by atoms with E-state index in [4.69, 9.17) is 0 Å². The number of hydrogen-bond donors (Lipinski definition) is 0. The fraction of sp³-hybridized carbons (Fsp3) is 0.167. The maximum Gasteiger partial charge on any atom is 0.0977 e. The Hall–Kier alpha value is -1.65. The third-order valence-electron chi connectivity index (χ3n) is 3.78. The smallest absolute Gasteiger partial charge is 0.0977 e. The third-order valence-corrected chi connectivity index (χ3v) is 5.03. The fourth-order valence-corrected chi connectivity index (χ4v) is 3.43. The van der Waals surface area contributed by atoms with Crippen LogP contribution in [0.3, 0.4) is 0 Å². The molecule has 0 unspecified atom stereocenters. The molecule has 2 aromatic heterocycles. The molecule has 22 heavy (non-hydrogen) atoms. The molecule has 4 heteroatoms. The highest BCUT2D eigenvalue weighted by atomic mass is 32.2. The first-order chi connectivity index (χ1) is 10.6. The van der Waals surface area contributed by atoms with Crippen LogP contribution in [0.15, 0.2) is 59.2 Å². The molecule has 0 aliphatic heterocycles. The molecule has 0 saturated carbocycles. The van der Waals surface area contributed by atoms with Gasteiger partial charge in [0.1, 0.15) is 0 Å². The summed E-state index contributed by atoms with van der Waals surface area (Å²) in [5, 5.41) is 3.30. The Morgan fingerprint density at radius 3 is 2.32 bits per heavy atom. The lowest BCUT2D eigenvalue weighted by atomic mass is 9.99. The number of rotatable bonds is 4. The highest BCUT2D eigenvalue weighted by Gasteiger charge is 2.08. The van der Waals surface area contributed by atoms with E-state index in [2.05, 4.69) is 78.3 Å². The van der Waals surface area contributed by atoms with Crippen molar-refractivity contribution < 1.29 is 0 Å². The van der Waals surface area contributed by atoms with Gasteiger partial charge >= 0.3 is 0 Å². The predicted octanol–water partition coefficient (Wildman–Crippen LogP) is 5.08. The molecule has 0 spiro atoms. The molecule has 0 aliphatic carbocycles.